The summed E-state index contributed by atoms with van der Waals surface area (Å²) in [6.07, 6.45) is 0.250. The number of carbonyl (C=O) groups excluding carboxylic acids is 3. The zero-order chi connectivity index (χ0) is 25.4. The molecule has 0 saturated heterocycles. The van der Waals surface area contributed by atoms with Gasteiger partial charge < -0.3 is 18.9 Å². The molecule has 0 aliphatic rings. The Bertz CT molecular complexity index is 1020. The Balaban J connectivity index is 0.000000462. The first-order valence-corrected chi connectivity index (χ1v) is 10.2. The Morgan fingerprint density at radius 2 is 1.30 bits per heavy atom. The number of hydrogen-bond acceptors (Lipinski definition) is 9. The third kappa shape index (κ3) is 10.3. The fraction of sp³-hybridized carbons (Fsp3) is 0.238. The molecule has 0 aliphatic carbocycles. The Labute approximate surface area is 197 Å². The van der Waals surface area contributed by atoms with Gasteiger partial charge in [0, 0.05) is 22.9 Å². The van der Waals surface area contributed by atoms with E-state index in [9.17, 15) is 18.0 Å². The Kier molecular flexibility index (Phi) is 14.8. The van der Waals surface area contributed by atoms with Crippen molar-refractivity contribution in [2.45, 2.75) is 0 Å². The number of thiol groups is 1. The first kappa shape index (κ1) is 29.8. The maximum atomic E-state index is 13.1. The first-order chi connectivity index (χ1) is 15.7. The number of ether oxygens (including phenoxy) is 4. The van der Waals surface area contributed by atoms with E-state index in [4.69, 9.17) is 14.3 Å². The van der Waals surface area contributed by atoms with Crippen molar-refractivity contribution in [2.24, 2.45) is 0 Å². The van der Waals surface area contributed by atoms with Crippen molar-refractivity contribution in [1.82, 2.24) is 0 Å². The summed E-state index contributed by atoms with van der Waals surface area (Å²) in [6.45, 7) is 0. The largest absolute Gasteiger partial charge is 0.494 e. The molecule has 0 fully saturated rings. The highest BCUT2D eigenvalue weighted by Gasteiger charge is 2.09. The molecule has 3 aromatic rings. The molecule has 0 saturated carbocycles. The fourth-order valence-corrected chi connectivity index (χ4v) is 2.94. The zero-order valence-corrected chi connectivity index (χ0v) is 19.7. The van der Waals surface area contributed by atoms with Gasteiger partial charge in [0.05, 0.1) is 34.2 Å². The maximum Gasteiger partial charge on any atom is 0.373 e. The Morgan fingerprint density at radius 1 is 0.879 bits per heavy atom. The van der Waals surface area contributed by atoms with Crippen molar-refractivity contribution in [2.75, 3.05) is 34.2 Å². The van der Waals surface area contributed by atoms with Crippen molar-refractivity contribution < 1.29 is 46.5 Å². The highest BCUT2D eigenvalue weighted by atomic mass is 32.1. The molecular formula is C21H21F3O7S2. The fourth-order valence-electron chi connectivity index (χ4n) is 2.01. The van der Waals surface area contributed by atoms with Crippen LogP contribution in [0.25, 0.3) is 10.1 Å². The molecule has 0 unspecified atom stereocenters. The summed E-state index contributed by atoms with van der Waals surface area (Å²) in [4.78, 5) is 26.1. The summed E-state index contributed by atoms with van der Waals surface area (Å²) < 4.78 is 58.0. The van der Waals surface area contributed by atoms with Crippen molar-refractivity contribution in [3.63, 3.8) is 0 Å². The minimum Gasteiger partial charge on any atom is -0.494 e. The van der Waals surface area contributed by atoms with Crippen LogP contribution < -0.4 is 14.2 Å². The van der Waals surface area contributed by atoms with E-state index in [0.29, 0.717) is 5.75 Å². The van der Waals surface area contributed by atoms with Crippen molar-refractivity contribution in [3.05, 3.63) is 53.2 Å². The van der Waals surface area contributed by atoms with Gasteiger partial charge in [-0.2, -0.15) is 22.2 Å². The van der Waals surface area contributed by atoms with Crippen molar-refractivity contribution >= 4 is 46.2 Å². The number of benzene rings is 2. The van der Waals surface area contributed by atoms with Crippen molar-refractivity contribution in [1.29, 1.82) is 0 Å². The van der Waals surface area contributed by atoms with Crippen LogP contribution in [0.3, 0.4) is 0 Å². The number of hydrogen-bond donors (Lipinski definition) is 1. The molecule has 33 heavy (non-hydrogen) atoms. The summed E-state index contributed by atoms with van der Waals surface area (Å²) in [6, 6.07) is 6.98. The minimum absolute atomic E-state index is 0.131. The van der Waals surface area contributed by atoms with Gasteiger partial charge in [0.2, 0.25) is 0 Å². The van der Waals surface area contributed by atoms with Gasteiger partial charge in [0.15, 0.2) is 34.7 Å². The van der Waals surface area contributed by atoms with Gasteiger partial charge in [-0.1, -0.05) is 0 Å². The second-order valence-electron chi connectivity index (χ2n) is 5.38. The van der Waals surface area contributed by atoms with E-state index >= 15 is 0 Å². The molecule has 2 aromatic carbocycles. The van der Waals surface area contributed by atoms with Crippen LogP contribution in [0.2, 0.25) is 0 Å². The number of halogens is 3. The molecule has 0 amide bonds. The van der Waals surface area contributed by atoms with E-state index < -0.39 is 11.6 Å². The first-order valence-electron chi connectivity index (χ1n) is 8.67. The third-order valence-corrected chi connectivity index (χ3v) is 4.65. The molecule has 0 atom stereocenters. The second-order valence-corrected chi connectivity index (χ2v) is 6.65. The van der Waals surface area contributed by atoms with Gasteiger partial charge in [-0.25, -0.2) is 13.2 Å². The van der Waals surface area contributed by atoms with Crippen molar-refractivity contribution in [3.8, 4) is 17.2 Å². The molecule has 180 valence electrons. The number of methoxy groups -OCH3 is 4. The summed E-state index contributed by atoms with van der Waals surface area (Å²) >= 11 is 5.20. The molecule has 1 aromatic heterocycles. The second kappa shape index (κ2) is 16.4. The predicted octanol–water partition coefficient (Wildman–Crippen LogP) is 4.54. The molecule has 3 rings (SSSR count). The lowest BCUT2D eigenvalue weighted by molar-refractivity contribution is -0.191. The SMILES string of the molecule is COC(=O)CS.COc1cc(F)c(OC)cc1F.COc1cc2sccc2cc1F.O=C=O. The zero-order valence-electron chi connectivity index (χ0n) is 18.0. The van der Waals surface area contributed by atoms with Crippen LogP contribution in [-0.2, 0) is 19.1 Å². The quantitative estimate of drug-likeness (QED) is 0.411. The number of rotatable bonds is 4. The van der Waals surface area contributed by atoms with Gasteiger partial charge in [0.25, 0.3) is 0 Å². The molecule has 7 nitrogen and oxygen atoms in total. The van der Waals surface area contributed by atoms with Crippen LogP contribution in [-0.4, -0.2) is 46.3 Å². The monoisotopic (exact) mass is 506 g/mol. The third-order valence-electron chi connectivity index (χ3n) is 3.51. The molecule has 0 radical (unpaired) electrons. The van der Waals surface area contributed by atoms with Crippen LogP contribution in [0.15, 0.2) is 35.7 Å². The van der Waals surface area contributed by atoms with E-state index in [0.717, 1.165) is 22.2 Å². The molecule has 1 heterocycles. The lowest BCUT2D eigenvalue weighted by Gasteiger charge is -2.05. The molecule has 0 bridgehead atoms. The Hall–Kier alpha value is -3.21. The van der Waals surface area contributed by atoms with Gasteiger partial charge >= 0.3 is 12.1 Å². The van der Waals surface area contributed by atoms with Crippen LogP contribution in [0.5, 0.6) is 17.2 Å². The van der Waals surface area contributed by atoms with Gasteiger partial charge in [-0.05, 0) is 22.9 Å². The standard InChI is InChI=1S/C9H7FOS.C8H8F2O2.C3H6O2S.CO2/c1-11-8-5-9-6(2-3-12-9)4-7(8)10;1-11-7-3-6(10)8(12-2)4-5(7)9;1-5-3(4)2-6;2-1-3/h2-5H,1H3;3-4H,1-2H3;6H,2H2,1H3;. The summed E-state index contributed by atoms with van der Waals surface area (Å²) in [7, 11) is 5.34. The molecule has 12 heteroatoms. The van der Waals surface area contributed by atoms with Gasteiger partial charge in [-0.3, -0.25) is 4.79 Å². The number of thiophene rings is 1. The highest BCUT2D eigenvalue weighted by molar-refractivity contribution is 7.81. The van der Waals surface area contributed by atoms with E-state index in [2.05, 4.69) is 26.8 Å². The van der Waals surface area contributed by atoms with Gasteiger partial charge in [0.1, 0.15) is 0 Å². The summed E-state index contributed by atoms with van der Waals surface area (Å²) in [5, 5.41) is 2.86. The average Bonchev–Trinajstić information content (AvgIpc) is 3.27. The molecule has 0 N–H and O–H groups in total. The van der Waals surface area contributed by atoms with Crippen LogP contribution >= 0.6 is 24.0 Å². The number of carbonyl (C=O) groups is 1. The number of fused-ring (bicyclic) bond motifs is 1. The average molecular weight is 507 g/mol. The van der Waals surface area contributed by atoms with E-state index in [1.807, 2.05) is 11.4 Å². The minimum atomic E-state index is -0.643. The summed E-state index contributed by atoms with van der Waals surface area (Å²) in [5.41, 5.74) is 0. The molecular weight excluding hydrogens is 485 g/mol. The molecule has 0 spiro atoms. The predicted molar refractivity (Wildman–Crippen MR) is 119 cm³/mol. The smallest absolute Gasteiger partial charge is 0.373 e. The Morgan fingerprint density at radius 3 is 1.67 bits per heavy atom. The van der Waals surface area contributed by atoms with E-state index in [1.165, 1.54) is 34.5 Å². The lowest BCUT2D eigenvalue weighted by atomic mass is 10.2. The van der Waals surface area contributed by atoms with E-state index in [-0.39, 0.29) is 35.2 Å². The normalized spacial score (nSPS) is 8.97. The summed E-state index contributed by atoms with van der Waals surface area (Å²) in [5.74, 6) is -1.67. The topological polar surface area (TPSA) is 88.1 Å². The molecule has 0 aliphatic heterocycles. The van der Waals surface area contributed by atoms with Crippen LogP contribution in [0.4, 0.5) is 13.2 Å². The van der Waals surface area contributed by atoms with Crippen LogP contribution in [0, 0.1) is 17.5 Å². The van der Waals surface area contributed by atoms with Crippen LogP contribution in [0.1, 0.15) is 0 Å². The number of esters is 1. The highest BCUT2D eigenvalue weighted by Crippen LogP contribution is 2.28. The van der Waals surface area contributed by atoms with Gasteiger partial charge in [-0.15, -0.1) is 11.3 Å². The lowest BCUT2D eigenvalue weighted by Crippen LogP contribution is -1.99. The maximum absolute atomic E-state index is 13.1. The van der Waals surface area contributed by atoms with E-state index in [1.54, 1.807) is 17.4 Å².